The van der Waals surface area contributed by atoms with Gasteiger partial charge in [0.1, 0.15) is 11.6 Å². The van der Waals surface area contributed by atoms with Crippen LogP contribution in [0, 0.1) is 18.3 Å². The summed E-state index contributed by atoms with van der Waals surface area (Å²) in [5.41, 5.74) is 1.42. The molecule has 0 radical (unpaired) electrons. The summed E-state index contributed by atoms with van der Waals surface area (Å²) in [5, 5.41) is 18.8. The Morgan fingerprint density at radius 3 is 2.40 bits per heavy atom. The summed E-state index contributed by atoms with van der Waals surface area (Å²) in [6, 6.07) is 6.62. The average Bonchev–Trinajstić information content (AvgIpc) is 2.37. The fraction of sp³-hybridized carbons (Fsp3) is 0.143. The monoisotopic (exact) mass is 308 g/mol. The Morgan fingerprint density at radius 1 is 1.30 bits per heavy atom. The molecule has 2 aromatic rings. The lowest BCUT2D eigenvalue weighted by molar-refractivity contribution is 0.282. The van der Waals surface area contributed by atoms with Crippen LogP contribution in [0.15, 0.2) is 23.0 Å². The van der Waals surface area contributed by atoms with Crippen molar-refractivity contribution in [1.29, 1.82) is 5.26 Å². The van der Waals surface area contributed by atoms with Crippen LogP contribution >= 0.6 is 23.2 Å². The van der Waals surface area contributed by atoms with Crippen molar-refractivity contribution in [2.75, 3.05) is 0 Å². The molecule has 1 heterocycles. The number of benzene rings is 1. The van der Waals surface area contributed by atoms with Crippen LogP contribution in [0.1, 0.15) is 16.8 Å². The number of H-pyrrole nitrogens is 1. The van der Waals surface area contributed by atoms with E-state index in [-0.39, 0.29) is 22.2 Å². The maximum Gasteiger partial charge on any atom is 0.266 e. The predicted molar refractivity (Wildman–Crippen MR) is 77.9 cm³/mol. The second-order valence-corrected chi connectivity index (χ2v) is 5.09. The van der Waals surface area contributed by atoms with Gasteiger partial charge in [-0.2, -0.15) is 5.26 Å². The number of aliphatic hydroxyl groups is 1. The zero-order valence-electron chi connectivity index (χ0n) is 10.5. The van der Waals surface area contributed by atoms with E-state index in [0.717, 1.165) is 0 Å². The van der Waals surface area contributed by atoms with Crippen molar-refractivity contribution in [2.45, 2.75) is 13.5 Å². The average molecular weight is 309 g/mol. The topological polar surface area (TPSA) is 76.9 Å². The largest absolute Gasteiger partial charge is 0.392 e. The van der Waals surface area contributed by atoms with Gasteiger partial charge in [-0.15, -0.1) is 0 Å². The molecule has 0 saturated carbocycles. The first kappa shape index (κ1) is 14.6. The molecule has 1 aromatic carbocycles. The van der Waals surface area contributed by atoms with Gasteiger partial charge in [0.2, 0.25) is 0 Å². The van der Waals surface area contributed by atoms with Gasteiger partial charge in [-0.05, 0) is 30.7 Å². The minimum absolute atomic E-state index is 0.0452. The van der Waals surface area contributed by atoms with Gasteiger partial charge >= 0.3 is 0 Å². The zero-order chi connectivity index (χ0) is 14.9. The highest BCUT2D eigenvalue weighted by Gasteiger charge is 2.17. The summed E-state index contributed by atoms with van der Waals surface area (Å²) in [6.07, 6.45) is 0. The van der Waals surface area contributed by atoms with Crippen LogP contribution in [-0.2, 0) is 6.61 Å². The number of aromatic amines is 1. The van der Waals surface area contributed by atoms with Crippen molar-refractivity contribution in [3.05, 3.63) is 55.4 Å². The van der Waals surface area contributed by atoms with E-state index >= 15 is 0 Å². The number of pyridine rings is 1. The Bertz CT molecular complexity index is 753. The summed E-state index contributed by atoms with van der Waals surface area (Å²) in [5.74, 6) is 0. The molecule has 0 fully saturated rings. The first-order chi connectivity index (χ1) is 9.47. The fourth-order valence-corrected chi connectivity index (χ4v) is 2.71. The second kappa shape index (κ2) is 5.68. The summed E-state index contributed by atoms with van der Waals surface area (Å²) in [6.45, 7) is 1.51. The van der Waals surface area contributed by atoms with Gasteiger partial charge in [0.25, 0.3) is 5.56 Å². The van der Waals surface area contributed by atoms with Gasteiger partial charge < -0.3 is 10.1 Å². The van der Waals surface area contributed by atoms with Crippen LogP contribution < -0.4 is 5.56 Å². The van der Waals surface area contributed by atoms with E-state index in [4.69, 9.17) is 33.6 Å². The van der Waals surface area contributed by atoms with E-state index in [1.807, 2.05) is 6.07 Å². The van der Waals surface area contributed by atoms with E-state index in [1.165, 1.54) is 0 Å². The highest BCUT2D eigenvalue weighted by molar-refractivity contribution is 6.39. The number of aliphatic hydroxyl groups excluding tert-OH is 1. The molecule has 0 amide bonds. The molecule has 1 aromatic heterocycles. The molecular formula is C14H10Cl2N2O2. The van der Waals surface area contributed by atoms with Crippen molar-refractivity contribution in [1.82, 2.24) is 4.98 Å². The second-order valence-electron chi connectivity index (χ2n) is 4.27. The Labute approximate surface area is 125 Å². The third-order valence-electron chi connectivity index (χ3n) is 2.83. The predicted octanol–water partition coefficient (Wildman–Crippen LogP) is 3.02. The van der Waals surface area contributed by atoms with Crippen LogP contribution in [0.2, 0.25) is 10.0 Å². The number of nitrogens with zero attached hydrogens (tertiary/aromatic N) is 1. The van der Waals surface area contributed by atoms with E-state index in [2.05, 4.69) is 4.98 Å². The minimum atomic E-state index is -0.485. The number of nitriles is 1. The van der Waals surface area contributed by atoms with E-state index in [1.54, 1.807) is 25.1 Å². The van der Waals surface area contributed by atoms with Gasteiger partial charge in [-0.3, -0.25) is 4.79 Å². The molecule has 2 rings (SSSR count). The van der Waals surface area contributed by atoms with E-state index in [9.17, 15) is 4.79 Å². The third kappa shape index (κ3) is 2.56. The molecule has 0 spiro atoms. The normalized spacial score (nSPS) is 10.3. The van der Waals surface area contributed by atoms with Crippen LogP contribution in [0.3, 0.4) is 0 Å². The van der Waals surface area contributed by atoms with Crippen LogP contribution in [0.5, 0.6) is 0 Å². The maximum absolute atomic E-state index is 11.8. The smallest absolute Gasteiger partial charge is 0.266 e. The number of nitrogens with one attached hydrogen (secondary N) is 1. The zero-order valence-corrected chi connectivity index (χ0v) is 12.0. The van der Waals surface area contributed by atoms with E-state index in [0.29, 0.717) is 22.4 Å². The van der Waals surface area contributed by atoms with Gasteiger partial charge in [0.05, 0.1) is 16.7 Å². The van der Waals surface area contributed by atoms with Gasteiger partial charge in [0, 0.05) is 16.8 Å². The summed E-state index contributed by atoms with van der Waals surface area (Å²) >= 11 is 12.3. The third-order valence-corrected chi connectivity index (χ3v) is 3.43. The molecule has 0 unspecified atom stereocenters. The highest BCUT2D eigenvalue weighted by Crippen LogP contribution is 2.37. The lowest BCUT2D eigenvalue weighted by Gasteiger charge is -2.11. The lowest BCUT2D eigenvalue weighted by atomic mass is 9.99. The molecule has 0 bridgehead atoms. The molecule has 4 nitrogen and oxygen atoms in total. The highest BCUT2D eigenvalue weighted by atomic mass is 35.5. The molecule has 102 valence electrons. The summed E-state index contributed by atoms with van der Waals surface area (Å²) in [4.78, 5) is 14.4. The quantitative estimate of drug-likeness (QED) is 0.895. The summed E-state index contributed by atoms with van der Waals surface area (Å²) in [7, 11) is 0. The Balaban J connectivity index is 2.82. The number of hydrogen-bond donors (Lipinski definition) is 2. The molecule has 2 N–H and O–H groups in total. The molecular weight excluding hydrogens is 299 g/mol. The molecule has 0 aliphatic heterocycles. The Morgan fingerprint density at radius 2 is 1.90 bits per heavy atom. The van der Waals surface area contributed by atoms with Gasteiger partial charge in [0.15, 0.2) is 0 Å². The lowest BCUT2D eigenvalue weighted by Crippen LogP contribution is -2.13. The number of aryl methyl sites for hydroxylation is 1. The fourth-order valence-electron chi connectivity index (χ4n) is 1.97. The minimum Gasteiger partial charge on any atom is -0.392 e. The van der Waals surface area contributed by atoms with Crippen LogP contribution in [-0.4, -0.2) is 10.1 Å². The molecule has 0 aliphatic carbocycles. The number of aromatic nitrogens is 1. The van der Waals surface area contributed by atoms with Crippen molar-refractivity contribution in [3.63, 3.8) is 0 Å². The molecule has 0 saturated heterocycles. The molecule has 0 aliphatic rings. The molecule has 6 heteroatoms. The van der Waals surface area contributed by atoms with E-state index < -0.39 is 5.56 Å². The maximum atomic E-state index is 11.8. The Kier molecular flexibility index (Phi) is 4.15. The number of hydrogen-bond acceptors (Lipinski definition) is 3. The standard InChI is InChI=1S/C14H10Cl2N2O2/c1-7-2-9(10(5-17)14(20)18-7)13-11(15)3-8(6-19)4-12(13)16/h2-4,19H,6H2,1H3,(H,18,20). The van der Waals surface area contributed by atoms with Crippen molar-refractivity contribution >= 4 is 23.2 Å². The molecule has 0 atom stereocenters. The Hall–Kier alpha value is -1.80. The first-order valence-electron chi connectivity index (χ1n) is 5.71. The van der Waals surface area contributed by atoms with Crippen molar-refractivity contribution < 1.29 is 5.11 Å². The number of rotatable bonds is 2. The van der Waals surface area contributed by atoms with Crippen LogP contribution in [0.25, 0.3) is 11.1 Å². The van der Waals surface area contributed by atoms with Crippen molar-refractivity contribution in [3.8, 4) is 17.2 Å². The number of halogens is 2. The van der Waals surface area contributed by atoms with Gasteiger partial charge in [-0.1, -0.05) is 23.2 Å². The molecule has 20 heavy (non-hydrogen) atoms. The van der Waals surface area contributed by atoms with Gasteiger partial charge in [-0.25, -0.2) is 0 Å². The van der Waals surface area contributed by atoms with Crippen molar-refractivity contribution in [2.24, 2.45) is 0 Å². The SMILES string of the molecule is Cc1cc(-c2c(Cl)cc(CO)cc2Cl)c(C#N)c(=O)[nH]1. The summed E-state index contributed by atoms with van der Waals surface area (Å²) < 4.78 is 0. The first-order valence-corrected chi connectivity index (χ1v) is 6.46. The van der Waals surface area contributed by atoms with Crippen LogP contribution in [0.4, 0.5) is 0 Å².